The quantitative estimate of drug-likeness (QED) is 0.537. The summed E-state index contributed by atoms with van der Waals surface area (Å²) in [7, 11) is 0. The van der Waals surface area contributed by atoms with Crippen LogP contribution >= 0.6 is 0 Å². The van der Waals surface area contributed by atoms with E-state index >= 15 is 0 Å². The average Bonchev–Trinajstić information content (AvgIpc) is 3.59. The van der Waals surface area contributed by atoms with Gasteiger partial charge in [-0.15, -0.1) is 0 Å². The molecule has 0 unspecified atom stereocenters. The molecule has 2 aliphatic carbocycles. The van der Waals surface area contributed by atoms with Crippen LogP contribution in [0.25, 0.3) is 11.1 Å². The summed E-state index contributed by atoms with van der Waals surface area (Å²) in [5, 5.41) is 5.38. The van der Waals surface area contributed by atoms with Gasteiger partial charge in [0.1, 0.15) is 5.82 Å². The first-order valence-corrected chi connectivity index (χ1v) is 9.97. The first-order valence-electron chi connectivity index (χ1n) is 9.97. The molecule has 2 aliphatic rings. The fourth-order valence-corrected chi connectivity index (χ4v) is 3.22. The van der Waals surface area contributed by atoms with Crippen LogP contribution in [0, 0.1) is 17.7 Å². The Hall–Kier alpha value is -3.04. The van der Waals surface area contributed by atoms with Crippen molar-refractivity contribution in [2.45, 2.75) is 37.8 Å². The number of alkyl halides is 5. The highest BCUT2D eigenvalue weighted by Gasteiger charge is 2.59. The molecule has 0 saturated heterocycles. The van der Waals surface area contributed by atoms with Crippen LogP contribution in [0.2, 0.25) is 0 Å². The predicted molar refractivity (Wildman–Crippen MR) is 104 cm³/mol. The molecule has 0 radical (unpaired) electrons. The number of rotatable bonds is 6. The van der Waals surface area contributed by atoms with Crippen LogP contribution in [0.4, 0.5) is 37.7 Å². The summed E-state index contributed by atoms with van der Waals surface area (Å²) in [4.78, 5) is 24.3. The van der Waals surface area contributed by atoms with Crippen LogP contribution in [0.3, 0.4) is 0 Å². The fraction of sp³-hybridized carbons (Fsp3) is 0.364. The summed E-state index contributed by atoms with van der Waals surface area (Å²) in [5.41, 5.74) is -0.973. The average molecular weight is 456 g/mol. The van der Waals surface area contributed by atoms with Crippen molar-refractivity contribution in [1.82, 2.24) is 0 Å². The molecule has 170 valence electrons. The van der Waals surface area contributed by atoms with E-state index in [0.717, 1.165) is 31.7 Å². The number of carbonyl (C=O) groups is 2. The molecule has 2 fully saturated rings. The minimum atomic E-state index is -5.94. The van der Waals surface area contributed by atoms with Crippen molar-refractivity contribution in [3.8, 4) is 11.1 Å². The van der Waals surface area contributed by atoms with E-state index in [4.69, 9.17) is 0 Å². The summed E-state index contributed by atoms with van der Waals surface area (Å²) in [6.45, 7) is 0. The zero-order valence-corrected chi connectivity index (χ0v) is 16.5. The van der Waals surface area contributed by atoms with E-state index in [2.05, 4.69) is 10.6 Å². The third-order valence-corrected chi connectivity index (χ3v) is 5.36. The lowest BCUT2D eigenvalue weighted by molar-refractivity contribution is -0.290. The molecular weight excluding hydrogens is 438 g/mol. The van der Waals surface area contributed by atoms with E-state index in [9.17, 15) is 35.9 Å². The van der Waals surface area contributed by atoms with Gasteiger partial charge in [0, 0.05) is 23.2 Å². The lowest BCUT2D eigenvalue weighted by Crippen LogP contribution is -2.34. The summed E-state index contributed by atoms with van der Waals surface area (Å²) < 4.78 is 79.3. The van der Waals surface area contributed by atoms with Gasteiger partial charge in [0.2, 0.25) is 11.8 Å². The summed E-state index contributed by atoms with van der Waals surface area (Å²) in [6, 6.07) is 6.27. The number of hydrogen-bond acceptors (Lipinski definition) is 2. The van der Waals surface area contributed by atoms with E-state index in [1.54, 1.807) is 0 Å². The first kappa shape index (κ1) is 22.2. The van der Waals surface area contributed by atoms with Gasteiger partial charge in [-0.05, 0) is 67.1 Å². The zero-order valence-electron chi connectivity index (χ0n) is 16.5. The van der Waals surface area contributed by atoms with Crippen LogP contribution in [0.1, 0.15) is 31.2 Å². The molecule has 2 aromatic rings. The van der Waals surface area contributed by atoms with E-state index in [0.29, 0.717) is 12.1 Å². The maximum Gasteiger partial charge on any atom is 0.458 e. The number of amides is 2. The summed E-state index contributed by atoms with van der Waals surface area (Å²) in [5.74, 6) is -7.77. The molecule has 2 aromatic carbocycles. The Kier molecular flexibility index (Phi) is 5.42. The van der Waals surface area contributed by atoms with E-state index in [-0.39, 0.29) is 46.2 Å². The van der Waals surface area contributed by atoms with Gasteiger partial charge < -0.3 is 10.6 Å². The van der Waals surface area contributed by atoms with Crippen molar-refractivity contribution in [1.29, 1.82) is 0 Å². The molecule has 2 amide bonds. The molecule has 0 heterocycles. The van der Waals surface area contributed by atoms with Crippen molar-refractivity contribution in [2.24, 2.45) is 11.8 Å². The van der Waals surface area contributed by atoms with Gasteiger partial charge in [-0.2, -0.15) is 22.0 Å². The minimum absolute atomic E-state index is 0.00802. The SMILES string of the molecule is O=C(Nc1cc(NC(=O)C2CC2)cc(-c2ccc(C(F)(F)C(F)(F)F)c(F)c2)c1)C1CC1. The van der Waals surface area contributed by atoms with Gasteiger partial charge in [-0.1, -0.05) is 6.07 Å². The maximum absolute atomic E-state index is 14.3. The van der Waals surface area contributed by atoms with Crippen LogP contribution in [0.15, 0.2) is 36.4 Å². The Morgan fingerprint density at radius 2 is 1.25 bits per heavy atom. The molecule has 0 aliphatic heterocycles. The molecule has 0 bridgehead atoms. The second-order valence-corrected chi connectivity index (χ2v) is 8.09. The smallest absolute Gasteiger partial charge is 0.326 e. The summed E-state index contributed by atoms with van der Waals surface area (Å²) >= 11 is 0. The normalized spacial score (nSPS) is 16.6. The zero-order chi connectivity index (χ0) is 23.3. The van der Waals surface area contributed by atoms with E-state index in [1.807, 2.05) is 0 Å². The number of hydrogen-bond donors (Lipinski definition) is 2. The third-order valence-electron chi connectivity index (χ3n) is 5.36. The molecule has 4 nitrogen and oxygen atoms in total. The van der Waals surface area contributed by atoms with Crippen molar-refractivity contribution in [2.75, 3.05) is 10.6 Å². The second-order valence-electron chi connectivity index (χ2n) is 8.09. The van der Waals surface area contributed by atoms with Gasteiger partial charge in [-0.25, -0.2) is 4.39 Å². The molecule has 32 heavy (non-hydrogen) atoms. The molecule has 2 N–H and O–H groups in total. The van der Waals surface area contributed by atoms with Gasteiger partial charge in [0.05, 0.1) is 5.56 Å². The number of benzene rings is 2. The second kappa shape index (κ2) is 7.83. The molecule has 0 aromatic heterocycles. The monoisotopic (exact) mass is 456 g/mol. The standard InChI is InChI=1S/C22H18F6N2O2/c23-18-9-13(5-6-17(18)21(24,25)22(26,27)28)14-7-15(29-19(31)11-1-2-11)10-16(8-14)30-20(32)12-3-4-12/h5-12H,1-4H2,(H,29,31)(H,30,32). The van der Waals surface area contributed by atoms with Crippen LogP contribution in [-0.2, 0) is 15.5 Å². The topological polar surface area (TPSA) is 58.2 Å². The van der Waals surface area contributed by atoms with Crippen molar-refractivity contribution >= 4 is 23.2 Å². The molecule has 0 spiro atoms. The third kappa shape index (κ3) is 4.58. The van der Waals surface area contributed by atoms with Gasteiger partial charge in [-0.3, -0.25) is 9.59 Å². The molecule has 2 saturated carbocycles. The highest BCUT2D eigenvalue weighted by molar-refractivity contribution is 5.98. The van der Waals surface area contributed by atoms with Crippen LogP contribution < -0.4 is 10.6 Å². The maximum atomic E-state index is 14.3. The first-order chi connectivity index (χ1) is 15.0. The van der Waals surface area contributed by atoms with Crippen molar-refractivity contribution in [3.05, 3.63) is 47.8 Å². The van der Waals surface area contributed by atoms with Crippen LogP contribution in [-0.4, -0.2) is 18.0 Å². The highest BCUT2D eigenvalue weighted by atomic mass is 19.4. The Labute approximate surface area is 179 Å². The molecule has 4 rings (SSSR count). The van der Waals surface area contributed by atoms with E-state index in [1.165, 1.54) is 18.2 Å². The minimum Gasteiger partial charge on any atom is -0.326 e. The molecule has 10 heteroatoms. The molecular formula is C22H18F6N2O2. The van der Waals surface area contributed by atoms with Crippen LogP contribution in [0.5, 0.6) is 0 Å². The summed E-state index contributed by atoms with van der Waals surface area (Å²) in [6.07, 6.45) is -2.95. The molecule has 0 atom stereocenters. The Morgan fingerprint density at radius 3 is 1.66 bits per heavy atom. The van der Waals surface area contributed by atoms with Gasteiger partial charge in [0.15, 0.2) is 0 Å². The lowest BCUT2D eigenvalue weighted by atomic mass is 9.99. The number of nitrogens with one attached hydrogen (secondary N) is 2. The fourth-order valence-electron chi connectivity index (χ4n) is 3.22. The Bertz CT molecular complexity index is 1030. The highest BCUT2D eigenvalue weighted by Crippen LogP contribution is 2.45. The van der Waals surface area contributed by atoms with Crippen molar-refractivity contribution < 1.29 is 35.9 Å². The Morgan fingerprint density at radius 1 is 0.750 bits per heavy atom. The lowest BCUT2D eigenvalue weighted by Gasteiger charge is -2.21. The van der Waals surface area contributed by atoms with E-state index < -0.39 is 23.5 Å². The predicted octanol–water partition coefficient (Wildman–Crippen LogP) is 5.84. The largest absolute Gasteiger partial charge is 0.458 e. The number of halogens is 6. The number of carbonyl (C=O) groups excluding carboxylic acids is 2. The van der Waals surface area contributed by atoms with Gasteiger partial charge >= 0.3 is 12.1 Å². The Balaban J connectivity index is 1.68. The number of anilines is 2. The van der Waals surface area contributed by atoms with Crippen molar-refractivity contribution in [3.63, 3.8) is 0 Å². The van der Waals surface area contributed by atoms with Gasteiger partial charge in [0.25, 0.3) is 0 Å².